The maximum Gasteiger partial charge on any atom is 0.115 e. The Morgan fingerprint density at radius 3 is 0.692 bits per heavy atom. The maximum atomic E-state index is 9.15. The molecule has 0 radical (unpaired) electrons. The van der Waals surface area contributed by atoms with Crippen molar-refractivity contribution in [2.75, 3.05) is 0 Å². The Morgan fingerprint density at radius 2 is 0.500 bits per heavy atom. The lowest BCUT2D eigenvalue weighted by atomic mass is 10.0. The van der Waals surface area contributed by atoms with Crippen LogP contribution in [0.5, 0.6) is 17.2 Å². The minimum atomic E-state index is -3.37. The highest BCUT2D eigenvalue weighted by Gasteiger charge is 1.97. The summed E-state index contributed by atoms with van der Waals surface area (Å²) >= 11 is 0. The molecule has 0 atom stereocenters. The van der Waals surface area contributed by atoms with E-state index in [1.54, 1.807) is 36.4 Å². The highest BCUT2D eigenvalue weighted by Crippen LogP contribution is 2.16. The van der Waals surface area contributed by atoms with Gasteiger partial charge in [0.05, 0.1) is 0 Å². The van der Waals surface area contributed by atoms with Gasteiger partial charge in [0.15, 0.2) is 0 Å². The first kappa shape index (κ1) is 49.4. The molecule has 0 amide bonds. The molecule has 3 aromatic rings. The number of unbranched alkanes of at least 4 members (excludes halogenated alkanes) is 18. The Hall–Kier alpha value is -2.63. The van der Waals surface area contributed by atoms with Gasteiger partial charge >= 0.3 is 0 Å². The quantitative estimate of drug-likeness (QED) is 0.0619. The number of aryl methyl sites for hydroxylation is 3. The Bertz CT molecular complexity index is 992. The van der Waals surface area contributed by atoms with Crippen LogP contribution in [0.25, 0.3) is 0 Å². The van der Waals surface area contributed by atoms with Crippen LogP contribution in [0.3, 0.4) is 0 Å². The lowest BCUT2D eigenvalue weighted by molar-refractivity contribution is -0.407. The fraction of sp³-hybridized carbons (Fsp3) is 0.600. The van der Waals surface area contributed by atoms with Crippen molar-refractivity contribution >= 4 is 8.60 Å². The van der Waals surface area contributed by atoms with Gasteiger partial charge in [-0.15, -0.1) is 0 Å². The average molecular weight is 740 g/mol. The van der Waals surface area contributed by atoms with Crippen LogP contribution >= 0.6 is 8.60 Å². The molecule has 0 aliphatic carbocycles. The molecule has 52 heavy (non-hydrogen) atoms. The second-order valence-corrected chi connectivity index (χ2v) is 14.3. The predicted molar refractivity (Wildman–Crippen MR) is 216 cm³/mol. The number of hydrogen-bond donors (Lipinski definition) is 3. The molecule has 0 bridgehead atoms. The van der Waals surface area contributed by atoms with E-state index in [4.69, 9.17) is 30.0 Å². The van der Waals surface area contributed by atoms with Gasteiger partial charge in [-0.05, 0) is 91.6 Å². The summed E-state index contributed by atoms with van der Waals surface area (Å²) < 4.78 is 0. The number of aromatic hydroxyl groups is 3. The Kier molecular flexibility index (Phi) is 34.9. The third-order valence-corrected chi connectivity index (χ3v) is 9.02. The van der Waals surface area contributed by atoms with Gasteiger partial charge in [0.25, 0.3) is 0 Å². The monoisotopic (exact) mass is 740 g/mol. The zero-order chi connectivity index (χ0) is 38.5. The van der Waals surface area contributed by atoms with Crippen LogP contribution < -0.4 is 14.7 Å². The summed E-state index contributed by atoms with van der Waals surface area (Å²) in [5.41, 5.74) is 4.02. The molecule has 3 N–H and O–H groups in total. The van der Waals surface area contributed by atoms with Crippen molar-refractivity contribution in [2.45, 2.75) is 175 Å². The number of hydrogen-bond acceptors (Lipinski definition) is 6. The van der Waals surface area contributed by atoms with Crippen LogP contribution in [-0.2, 0) is 19.3 Å². The van der Waals surface area contributed by atoms with E-state index >= 15 is 0 Å². The van der Waals surface area contributed by atoms with Gasteiger partial charge in [0, 0.05) is 0 Å². The Balaban J connectivity index is 0.000000712. The van der Waals surface area contributed by atoms with Crippen molar-refractivity contribution in [1.82, 2.24) is 0 Å². The molecule has 0 aromatic heterocycles. The molecule has 0 saturated heterocycles. The standard InChI is InChI=1S/3C15H24O.O3P/c3*1-2-3-4-5-6-7-8-9-14-10-12-15(16)13-11-14;1-4(2)3/h3*10-13,16H,2-9H2,1H3;/q;;;-3. The molecule has 0 aliphatic rings. The van der Waals surface area contributed by atoms with E-state index in [2.05, 4.69) is 20.8 Å². The van der Waals surface area contributed by atoms with Crippen molar-refractivity contribution in [3.05, 3.63) is 89.5 Å². The van der Waals surface area contributed by atoms with Gasteiger partial charge in [-0.25, -0.2) is 0 Å². The van der Waals surface area contributed by atoms with Gasteiger partial charge in [-0.1, -0.05) is 173 Å². The molecular weight excluding hydrogens is 667 g/mol. The summed E-state index contributed by atoms with van der Waals surface area (Å²) in [6, 6.07) is 22.8. The van der Waals surface area contributed by atoms with E-state index in [1.807, 2.05) is 36.4 Å². The summed E-state index contributed by atoms with van der Waals surface area (Å²) in [5.74, 6) is 1.09. The number of benzene rings is 3. The van der Waals surface area contributed by atoms with Crippen molar-refractivity contribution < 1.29 is 30.0 Å². The van der Waals surface area contributed by atoms with E-state index in [9.17, 15) is 0 Å². The molecule has 7 heteroatoms. The smallest absolute Gasteiger partial charge is 0.115 e. The summed E-state index contributed by atoms with van der Waals surface area (Å²) in [5, 5.41) is 27.4. The third kappa shape index (κ3) is 34.5. The second-order valence-electron chi connectivity index (χ2n) is 13.8. The Labute approximate surface area is 319 Å². The van der Waals surface area contributed by atoms with Crippen LogP contribution in [0, 0.1) is 0 Å². The Morgan fingerprint density at radius 1 is 0.327 bits per heavy atom. The number of phenols is 3. The van der Waals surface area contributed by atoms with Gasteiger partial charge in [-0.2, -0.15) is 0 Å². The van der Waals surface area contributed by atoms with Crippen molar-refractivity contribution in [2.24, 2.45) is 0 Å². The normalized spacial score (nSPS) is 10.4. The first-order valence-corrected chi connectivity index (χ1v) is 21.5. The maximum absolute atomic E-state index is 9.15. The van der Waals surface area contributed by atoms with Gasteiger partial charge in [0.1, 0.15) is 17.2 Å². The van der Waals surface area contributed by atoms with Crippen LogP contribution in [0.15, 0.2) is 72.8 Å². The molecule has 0 spiro atoms. The molecule has 296 valence electrons. The number of phenolic OH excluding ortho intramolecular Hbond substituents is 3. The average Bonchev–Trinajstić information content (AvgIpc) is 3.13. The van der Waals surface area contributed by atoms with Gasteiger partial charge < -0.3 is 38.6 Å². The first-order chi connectivity index (χ1) is 25.2. The summed E-state index contributed by atoms with van der Waals surface area (Å²) in [6.07, 6.45) is 31.9. The summed E-state index contributed by atoms with van der Waals surface area (Å²) in [6.45, 7) is 6.76. The zero-order valence-corrected chi connectivity index (χ0v) is 33.8. The highest BCUT2D eigenvalue weighted by molar-refractivity contribution is 7.33. The van der Waals surface area contributed by atoms with Crippen molar-refractivity contribution in [3.63, 3.8) is 0 Å². The minimum absolute atomic E-state index is 0.364. The molecule has 0 fully saturated rings. The van der Waals surface area contributed by atoms with Gasteiger partial charge in [0.2, 0.25) is 0 Å². The lowest BCUT2D eigenvalue weighted by Crippen LogP contribution is -2.18. The largest absolute Gasteiger partial charge is 0.854 e. The second kappa shape index (κ2) is 36.7. The molecule has 0 unspecified atom stereocenters. The van der Waals surface area contributed by atoms with E-state index in [0.29, 0.717) is 17.2 Å². The van der Waals surface area contributed by atoms with Crippen LogP contribution in [0.2, 0.25) is 0 Å². The highest BCUT2D eigenvalue weighted by atomic mass is 31.2. The summed E-state index contributed by atoms with van der Waals surface area (Å²) in [4.78, 5) is 25.4. The first-order valence-electron chi connectivity index (χ1n) is 20.4. The molecule has 0 heterocycles. The fourth-order valence-electron chi connectivity index (χ4n) is 5.85. The van der Waals surface area contributed by atoms with E-state index < -0.39 is 8.60 Å². The predicted octanol–water partition coefficient (Wildman–Crippen LogP) is 11.4. The van der Waals surface area contributed by atoms with E-state index in [0.717, 1.165) is 19.3 Å². The molecule has 3 rings (SSSR count). The van der Waals surface area contributed by atoms with Gasteiger partial charge in [-0.3, -0.25) is 0 Å². The van der Waals surface area contributed by atoms with E-state index in [-0.39, 0.29) is 0 Å². The number of rotatable bonds is 24. The third-order valence-electron chi connectivity index (χ3n) is 9.02. The van der Waals surface area contributed by atoms with Crippen molar-refractivity contribution in [1.29, 1.82) is 0 Å². The van der Waals surface area contributed by atoms with Crippen molar-refractivity contribution in [3.8, 4) is 17.2 Å². The van der Waals surface area contributed by atoms with Crippen LogP contribution in [-0.4, -0.2) is 15.3 Å². The van der Waals surface area contributed by atoms with E-state index in [1.165, 1.54) is 152 Å². The fourth-order valence-corrected chi connectivity index (χ4v) is 5.85. The minimum Gasteiger partial charge on any atom is -0.854 e. The molecule has 3 aromatic carbocycles. The summed E-state index contributed by atoms with van der Waals surface area (Å²) in [7, 11) is -3.37. The molecular formula is C45H72O6P-3. The molecule has 0 aliphatic heterocycles. The topological polar surface area (TPSA) is 130 Å². The van der Waals surface area contributed by atoms with Crippen LogP contribution in [0.1, 0.15) is 172 Å². The molecule has 6 nitrogen and oxygen atoms in total. The zero-order valence-electron chi connectivity index (χ0n) is 32.9. The molecule has 0 saturated carbocycles. The lowest BCUT2D eigenvalue weighted by Gasteiger charge is -2.39. The SMILES string of the molecule is CCCCCCCCCc1ccc(O)cc1.CCCCCCCCCc1ccc(O)cc1.CCCCCCCCCc1ccc(O)cc1.[O-]P([O-])[O-]. The van der Waals surface area contributed by atoms with Crippen LogP contribution in [0.4, 0.5) is 0 Å².